The largest absolute Gasteiger partial charge is 0.393 e. The summed E-state index contributed by atoms with van der Waals surface area (Å²) >= 11 is 0. The zero-order valence-electron chi connectivity index (χ0n) is 8.71. The summed E-state index contributed by atoms with van der Waals surface area (Å²) in [5, 5.41) is 11.9. The van der Waals surface area contributed by atoms with E-state index < -0.39 is 0 Å². The molecule has 0 rings (SSSR count). The van der Waals surface area contributed by atoms with Gasteiger partial charge in [0.15, 0.2) is 0 Å². The zero-order chi connectivity index (χ0) is 10.3. The van der Waals surface area contributed by atoms with Gasteiger partial charge in [0.1, 0.15) is 0 Å². The Labute approximate surface area is 80.5 Å². The molecule has 0 bridgehead atoms. The predicted octanol–water partition coefficient (Wildman–Crippen LogP) is 0.871. The van der Waals surface area contributed by atoms with E-state index in [1.807, 2.05) is 6.29 Å². The average molecular weight is 186 g/mol. The third kappa shape index (κ3) is 6.72. The minimum Gasteiger partial charge on any atom is -0.393 e. The molecule has 0 saturated heterocycles. The summed E-state index contributed by atoms with van der Waals surface area (Å²) in [6.45, 7) is 3.87. The molecular formula is C10H20NO2. The number of hydrogen-bond donors (Lipinski definition) is 2. The third-order valence-electron chi connectivity index (χ3n) is 2.21. The van der Waals surface area contributed by atoms with Gasteiger partial charge >= 0.3 is 0 Å². The summed E-state index contributed by atoms with van der Waals surface area (Å²) in [4.78, 5) is 10.4. The highest BCUT2D eigenvalue weighted by atomic mass is 16.3. The summed E-state index contributed by atoms with van der Waals surface area (Å²) in [7, 11) is 1.76. The van der Waals surface area contributed by atoms with Gasteiger partial charge < -0.3 is 10.4 Å². The van der Waals surface area contributed by atoms with Crippen LogP contribution in [0.3, 0.4) is 0 Å². The molecule has 3 heteroatoms. The van der Waals surface area contributed by atoms with E-state index >= 15 is 0 Å². The molecule has 1 radical (unpaired) electrons. The van der Waals surface area contributed by atoms with E-state index in [9.17, 15) is 4.79 Å². The molecular weight excluding hydrogens is 166 g/mol. The monoisotopic (exact) mass is 186 g/mol. The maximum Gasteiger partial charge on any atom is 0.216 e. The van der Waals surface area contributed by atoms with Crippen molar-refractivity contribution in [3.63, 3.8) is 0 Å². The Morgan fingerprint density at radius 2 is 2.00 bits per heavy atom. The second kappa shape index (κ2) is 7.04. The van der Waals surface area contributed by atoms with Crippen molar-refractivity contribution in [2.24, 2.45) is 5.92 Å². The van der Waals surface area contributed by atoms with Crippen LogP contribution in [0.15, 0.2) is 0 Å². The van der Waals surface area contributed by atoms with Gasteiger partial charge in [-0.1, -0.05) is 6.92 Å². The quantitative estimate of drug-likeness (QED) is 0.620. The number of rotatable bonds is 7. The van der Waals surface area contributed by atoms with Crippen LogP contribution in [0.5, 0.6) is 0 Å². The van der Waals surface area contributed by atoms with E-state index in [1.165, 1.54) is 0 Å². The van der Waals surface area contributed by atoms with Crippen molar-refractivity contribution in [2.45, 2.75) is 45.3 Å². The van der Waals surface area contributed by atoms with Gasteiger partial charge in [-0.25, -0.2) is 0 Å². The first-order valence-corrected chi connectivity index (χ1v) is 4.83. The number of nitrogens with one attached hydrogen (secondary N) is 1. The number of aliphatic hydroxyl groups excluding tert-OH is 1. The van der Waals surface area contributed by atoms with Crippen LogP contribution >= 0.6 is 0 Å². The minimum absolute atomic E-state index is 0.163. The van der Waals surface area contributed by atoms with Gasteiger partial charge in [-0.15, -0.1) is 0 Å². The van der Waals surface area contributed by atoms with Crippen molar-refractivity contribution in [3.8, 4) is 0 Å². The lowest BCUT2D eigenvalue weighted by molar-refractivity contribution is 0.173. The first-order valence-electron chi connectivity index (χ1n) is 4.83. The molecule has 0 aliphatic carbocycles. The molecule has 0 heterocycles. The molecule has 0 aliphatic heterocycles. The smallest absolute Gasteiger partial charge is 0.216 e. The van der Waals surface area contributed by atoms with Crippen LogP contribution in [-0.2, 0) is 4.79 Å². The van der Waals surface area contributed by atoms with E-state index in [4.69, 9.17) is 5.11 Å². The summed E-state index contributed by atoms with van der Waals surface area (Å²) in [6, 6.07) is -0.163. The Morgan fingerprint density at radius 1 is 1.38 bits per heavy atom. The Hall–Kier alpha value is -0.410. The fraction of sp³-hybridized carbons (Fsp3) is 0.900. The van der Waals surface area contributed by atoms with E-state index in [1.54, 1.807) is 14.0 Å². The summed E-state index contributed by atoms with van der Waals surface area (Å²) in [5.74, 6) is 0.452. The van der Waals surface area contributed by atoms with Crippen molar-refractivity contribution in [1.29, 1.82) is 0 Å². The maximum absolute atomic E-state index is 10.4. The van der Waals surface area contributed by atoms with Crippen molar-refractivity contribution < 1.29 is 9.90 Å². The van der Waals surface area contributed by atoms with Crippen molar-refractivity contribution in [1.82, 2.24) is 5.32 Å². The molecule has 0 fully saturated rings. The summed E-state index contributed by atoms with van der Waals surface area (Å²) < 4.78 is 0. The standard InChI is InChI=1S/C10H20NO2/c1-8(4-5-9(2)13)6-10(7-12)11-3/h8-11,13H,4-6H2,1-3H3/t8?,9?,10-/m0/s1. The van der Waals surface area contributed by atoms with Crippen LogP contribution in [0.1, 0.15) is 33.1 Å². The van der Waals surface area contributed by atoms with Crippen molar-refractivity contribution >= 4 is 6.29 Å². The Balaban J connectivity index is 3.59. The molecule has 13 heavy (non-hydrogen) atoms. The van der Waals surface area contributed by atoms with Gasteiger partial charge in [-0.3, -0.25) is 4.79 Å². The minimum atomic E-state index is -0.240. The van der Waals surface area contributed by atoms with Gasteiger partial charge in [-0.05, 0) is 39.2 Å². The lowest BCUT2D eigenvalue weighted by Crippen LogP contribution is -2.28. The molecule has 2 N–H and O–H groups in total. The van der Waals surface area contributed by atoms with Crippen LogP contribution in [0.4, 0.5) is 0 Å². The molecule has 0 spiro atoms. The Morgan fingerprint density at radius 3 is 2.38 bits per heavy atom. The maximum atomic E-state index is 10.4. The van der Waals surface area contributed by atoms with E-state index in [0.29, 0.717) is 5.92 Å². The Kier molecular flexibility index (Phi) is 6.82. The van der Waals surface area contributed by atoms with Crippen LogP contribution in [-0.4, -0.2) is 30.6 Å². The van der Waals surface area contributed by atoms with Crippen LogP contribution in [0, 0.1) is 5.92 Å². The Bertz CT molecular complexity index is 137. The normalized spacial score (nSPS) is 17.8. The number of aliphatic hydroxyl groups is 1. The number of likely N-dealkylation sites (N-methyl/N-ethyl adjacent to an activating group) is 1. The molecule has 0 amide bonds. The topological polar surface area (TPSA) is 49.3 Å². The molecule has 0 aromatic rings. The molecule has 77 valence electrons. The predicted molar refractivity (Wildman–Crippen MR) is 53.2 cm³/mol. The van der Waals surface area contributed by atoms with Gasteiger partial charge in [0, 0.05) is 0 Å². The van der Waals surface area contributed by atoms with Crippen LogP contribution in [0.2, 0.25) is 0 Å². The summed E-state index contributed by atoms with van der Waals surface area (Å²) in [5.41, 5.74) is 0. The molecule has 3 atom stereocenters. The van der Waals surface area contributed by atoms with Gasteiger partial charge in [-0.2, -0.15) is 0 Å². The molecule has 0 aliphatic rings. The molecule has 0 aromatic carbocycles. The lowest BCUT2D eigenvalue weighted by atomic mass is 9.96. The van der Waals surface area contributed by atoms with Crippen molar-refractivity contribution in [3.05, 3.63) is 0 Å². The SMILES string of the molecule is CN[C@H]([C]=O)CC(C)CCC(C)O. The highest BCUT2D eigenvalue weighted by Gasteiger charge is 2.11. The fourth-order valence-electron chi connectivity index (χ4n) is 1.27. The second-order valence-corrected chi connectivity index (χ2v) is 3.73. The van der Waals surface area contributed by atoms with Crippen LogP contribution in [0.25, 0.3) is 0 Å². The van der Waals surface area contributed by atoms with Crippen molar-refractivity contribution in [2.75, 3.05) is 7.05 Å². The average Bonchev–Trinajstić information content (AvgIpc) is 2.10. The van der Waals surface area contributed by atoms with E-state index in [-0.39, 0.29) is 12.1 Å². The highest BCUT2D eigenvalue weighted by Crippen LogP contribution is 2.13. The zero-order valence-corrected chi connectivity index (χ0v) is 8.71. The molecule has 0 saturated carbocycles. The molecule has 3 nitrogen and oxygen atoms in total. The fourth-order valence-corrected chi connectivity index (χ4v) is 1.27. The number of hydrogen-bond acceptors (Lipinski definition) is 3. The lowest BCUT2D eigenvalue weighted by Gasteiger charge is -2.15. The van der Waals surface area contributed by atoms with E-state index in [0.717, 1.165) is 19.3 Å². The first-order chi connectivity index (χ1) is 6.10. The third-order valence-corrected chi connectivity index (χ3v) is 2.21. The number of carbonyl (C=O) groups excluding carboxylic acids is 1. The van der Waals surface area contributed by atoms with Crippen LogP contribution < -0.4 is 5.32 Å². The van der Waals surface area contributed by atoms with Gasteiger partial charge in [0.05, 0.1) is 12.1 Å². The van der Waals surface area contributed by atoms with E-state index in [2.05, 4.69) is 12.2 Å². The van der Waals surface area contributed by atoms with Gasteiger partial charge in [0.25, 0.3) is 0 Å². The first kappa shape index (κ1) is 12.6. The highest BCUT2D eigenvalue weighted by molar-refractivity contribution is 5.58. The molecule has 0 aromatic heterocycles. The summed E-state index contributed by atoms with van der Waals surface area (Å²) in [6.07, 6.45) is 4.26. The second-order valence-electron chi connectivity index (χ2n) is 3.73. The molecule has 2 unspecified atom stereocenters. The van der Waals surface area contributed by atoms with Gasteiger partial charge in [0.2, 0.25) is 6.29 Å².